The lowest BCUT2D eigenvalue weighted by molar-refractivity contribution is 0.112. The minimum Gasteiger partial charge on any atom is -0.507 e. The molecule has 0 unspecified atom stereocenters. The molecule has 0 saturated carbocycles. The van der Waals surface area contributed by atoms with Gasteiger partial charge in [0, 0.05) is 6.07 Å². The van der Waals surface area contributed by atoms with Crippen molar-refractivity contribution in [1.82, 2.24) is 0 Å². The largest absolute Gasteiger partial charge is 0.507 e. The van der Waals surface area contributed by atoms with Gasteiger partial charge in [-0.15, -0.1) is 0 Å². The molecule has 0 aliphatic rings. The molecule has 5 N–H and O–H groups in total. The topological polar surface area (TPSA) is 108 Å². The van der Waals surface area contributed by atoms with Gasteiger partial charge in [0.15, 0.2) is 6.29 Å². The van der Waals surface area contributed by atoms with Crippen LogP contribution in [0.1, 0.15) is 15.9 Å². The maximum Gasteiger partial charge on any atom is 0.153 e. The lowest BCUT2D eigenvalue weighted by atomic mass is 10.2. The zero-order valence-corrected chi connectivity index (χ0v) is 12.2. The normalized spacial score (nSPS) is 10.2. The maximum atomic E-state index is 10.8. The molecule has 0 aliphatic carbocycles. The monoisotopic (exact) mass is 302 g/mol. The summed E-state index contributed by atoms with van der Waals surface area (Å²) in [6.45, 7) is 2.44. The molecule has 2 rings (SSSR count). The maximum absolute atomic E-state index is 10.8. The number of aromatic hydroxyl groups is 1. The average Bonchev–Trinajstić information content (AvgIpc) is 2.48. The summed E-state index contributed by atoms with van der Waals surface area (Å²) in [6, 6.07) is 8.18. The van der Waals surface area contributed by atoms with Crippen molar-refractivity contribution in [2.75, 3.05) is 24.7 Å². The number of rotatable bonds is 6. The highest BCUT2D eigenvalue weighted by Crippen LogP contribution is 2.29. The number of aryl methyl sites for hydroxylation is 1. The molecule has 116 valence electrons. The Bertz CT molecular complexity index is 686. The third-order valence-corrected chi connectivity index (χ3v) is 3.05. The van der Waals surface area contributed by atoms with Crippen LogP contribution in [-0.4, -0.2) is 24.6 Å². The smallest absolute Gasteiger partial charge is 0.153 e. The Labute approximate surface area is 128 Å². The van der Waals surface area contributed by atoms with Crippen LogP contribution in [0.3, 0.4) is 0 Å². The molecular weight excluding hydrogens is 284 g/mol. The molecule has 0 radical (unpaired) electrons. The summed E-state index contributed by atoms with van der Waals surface area (Å²) in [5.74, 6) is 0.736. The third-order valence-electron chi connectivity index (χ3n) is 3.05. The number of carbonyl (C=O) groups is 1. The van der Waals surface area contributed by atoms with E-state index in [1.807, 2.05) is 19.1 Å². The molecule has 0 saturated heterocycles. The molecule has 0 aromatic heterocycles. The number of benzene rings is 2. The van der Waals surface area contributed by atoms with E-state index in [0.717, 1.165) is 5.56 Å². The number of phenolic OH excluding ortho intramolecular Hbond substituents is 1. The molecule has 0 amide bonds. The summed E-state index contributed by atoms with van der Waals surface area (Å²) in [7, 11) is 0. The fourth-order valence-electron chi connectivity index (χ4n) is 1.89. The molecule has 0 bridgehead atoms. The first-order chi connectivity index (χ1) is 10.5. The molecule has 0 aliphatic heterocycles. The van der Waals surface area contributed by atoms with Crippen molar-refractivity contribution in [2.24, 2.45) is 0 Å². The van der Waals surface area contributed by atoms with Crippen LogP contribution in [0.4, 0.5) is 11.4 Å². The summed E-state index contributed by atoms with van der Waals surface area (Å²) < 4.78 is 11.0. The number of hydrogen-bond acceptors (Lipinski definition) is 6. The summed E-state index contributed by atoms with van der Waals surface area (Å²) in [4.78, 5) is 10.8. The first-order valence-electron chi connectivity index (χ1n) is 6.70. The Kier molecular flexibility index (Phi) is 4.73. The number of ether oxygens (including phenoxy) is 2. The Morgan fingerprint density at radius 1 is 1.05 bits per heavy atom. The number of anilines is 2. The van der Waals surface area contributed by atoms with Gasteiger partial charge in [0.25, 0.3) is 0 Å². The summed E-state index contributed by atoms with van der Waals surface area (Å²) in [5, 5.41) is 9.49. The van der Waals surface area contributed by atoms with Crippen LogP contribution in [-0.2, 0) is 0 Å². The van der Waals surface area contributed by atoms with Crippen molar-refractivity contribution in [1.29, 1.82) is 0 Å². The highest BCUT2D eigenvalue weighted by Gasteiger charge is 2.08. The van der Waals surface area contributed by atoms with E-state index in [1.165, 1.54) is 12.1 Å². The average molecular weight is 302 g/mol. The van der Waals surface area contributed by atoms with Gasteiger partial charge >= 0.3 is 0 Å². The molecule has 2 aromatic rings. The molecular formula is C16H18N2O4. The zero-order valence-electron chi connectivity index (χ0n) is 12.2. The lowest BCUT2D eigenvalue weighted by Gasteiger charge is -2.12. The molecule has 0 spiro atoms. The fraction of sp³-hybridized carbons (Fsp3) is 0.188. The van der Waals surface area contributed by atoms with E-state index in [4.69, 9.17) is 20.9 Å². The van der Waals surface area contributed by atoms with Crippen molar-refractivity contribution in [3.63, 3.8) is 0 Å². The molecule has 2 aromatic carbocycles. The quantitative estimate of drug-likeness (QED) is 0.428. The van der Waals surface area contributed by atoms with E-state index in [9.17, 15) is 9.90 Å². The van der Waals surface area contributed by atoms with Gasteiger partial charge in [-0.1, -0.05) is 6.07 Å². The SMILES string of the molecule is Cc1ccc(N)c(OCCOc2cc(C=O)c(O)cc2N)c1. The second-order valence-corrected chi connectivity index (χ2v) is 4.80. The first-order valence-corrected chi connectivity index (χ1v) is 6.70. The summed E-state index contributed by atoms with van der Waals surface area (Å²) >= 11 is 0. The number of nitrogens with two attached hydrogens (primary N) is 2. The number of hydrogen-bond donors (Lipinski definition) is 3. The van der Waals surface area contributed by atoms with Crippen LogP contribution in [0.25, 0.3) is 0 Å². The van der Waals surface area contributed by atoms with E-state index in [1.54, 1.807) is 6.07 Å². The molecule has 22 heavy (non-hydrogen) atoms. The van der Waals surface area contributed by atoms with Gasteiger partial charge in [0.05, 0.1) is 16.9 Å². The first kappa shape index (κ1) is 15.5. The fourth-order valence-corrected chi connectivity index (χ4v) is 1.89. The molecule has 0 fully saturated rings. The van der Waals surface area contributed by atoms with E-state index >= 15 is 0 Å². The van der Waals surface area contributed by atoms with Gasteiger partial charge in [-0.2, -0.15) is 0 Å². The molecule has 0 heterocycles. The highest BCUT2D eigenvalue weighted by atomic mass is 16.5. The van der Waals surface area contributed by atoms with Crippen LogP contribution in [0, 0.1) is 6.92 Å². The predicted molar refractivity (Wildman–Crippen MR) is 84.5 cm³/mol. The van der Waals surface area contributed by atoms with E-state index in [2.05, 4.69) is 0 Å². The molecule has 6 heteroatoms. The van der Waals surface area contributed by atoms with E-state index in [0.29, 0.717) is 23.5 Å². The summed E-state index contributed by atoms with van der Waals surface area (Å²) in [6.07, 6.45) is 0.533. The van der Waals surface area contributed by atoms with Gasteiger partial charge in [-0.25, -0.2) is 0 Å². The lowest BCUT2D eigenvalue weighted by Crippen LogP contribution is -2.11. The Hall–Kier alpha value is -2.89. The van der Waals surface area contributed by atoms with Crippen molar-refractivity contribution in [2.45, 2.75) is 6.92 Å². The van der Waals surface area contributed by atoms with Gasteiger partial charge < -0.3 is 26.0 Å². The number of carbonyl (C=O) groups excluding carboxylic acids is 1. The second-order valence-electron chi connectivity index (χ2n) is 4.80. The van der Waals surface area contributed by atoms with Crippen LogP contribution in [0.2, 0.25) is 0 Å². The summed E-state index contributed by atoms with van der Waals surface area (Å²) in [5.41, 5.74) is 13.5. The van der Waals surface area contributed by atoms with E-state index in [-0.39, 0.29) is 30.2 Å². The third kappa shape index (κ3) is 3.60. The van der Waals surface area contributed by atoms with Crippen LogP contribution >= 0.6 is 0 Å². The van der Waals surface area contributed by atoms with Crippen LogP contribution in [0.15, 0.2) is 30.3 Å². The minimum absolute atomic E-state index is 0.119. The Balaban J connectivity index is 1.94. The molecule has 6 nitrogen and oxygen atoms in total. The van der Waals surface area contributed by atoms with Gasteiger partial charge in [-0.05, 0) is 30.7 Å². The van der Waals surface area contributed by atoms with Gasteiger partial charge in [0.1, 0.15) is 30.5 Å². The van der Waals surface area contributed by atoms with E-state index < -0.39 is 0 Å². The standard InChI is InChI=1S/C16H18N2O4/c1-10-2-3-12(17)15(6-10)21-4-5-22-16-7-11(9-19)14(20)8-13(16)18/h2-3,6-9,20H,4-5,17-18H2,1H3. The number of aldehydes is 1. The van der Waals surface area contributed by atoms with Crippen molar-refractivity contribution in [3.05, 3.63) is 41.5 Å². The minimum atomic E-state index is -0.177. The Morgan fingerprint density at radius 3 is 2.32 bits per heavy atom. The number of nitrogen functional groups attached to an aromatic ring is 2. The van der Waals surface area contributed by atoms with Crippen LogP contribution < -0.4 is 20.9 Å². The zero-order chi connectivity index (χ0) is 16.1. The van der Waals surface area contributed by atoms with Gasteiger partial charge in [0.2, 0.25) is 0 Å². The second kappa shape index (κ2) is 6.71. The molecule has 0 atom stereocenters. The number of phenols is 1. The van der Waals surface area contributed by atoms with Crippen molar-refractivity contribution >= 4 is 17.7 Å². The van der Waals surface area contributed by atoms with Gasteiger partial charge in [-0.3, -0.25) is 4.79 Å². The highest BCUT2D eigenvalue weighted by molar-refractivity contribution is 5.82. The van der Waals surface area contributed by atoms with Crippen molar-refractivity contribution in [3.8, 4) is 17.2 Å². The predicted octanol–water partition coefficient (Wildman–Crippen LogP) is 2.14. The van der Waals surface area contributed by atoms with Crippen LogP contribution in [0.5, 0.6) is 17.2 Å². The van der Waals surface area contributed by atoms with Crippen molar-refractivity contribution < 1.29 is 19.4 Å². The Morgan fingerprint density at radius 2 is 1.68 bits per heavy atom.